The zero-order chi connectivity index (χ0) is 14.7. The van der Waals surface area contributed by atoms with Crippen LogP contribution in [0.2, 0.25) is 0 Å². The van der Waals surface area contributed by atoms with E-state index in [0.29, 0.717) is 0 Å². The molecular formula is C18H22O2. The first-order valence-corrected chi connectivity index (χ1v) is 6.92. The Morgan fingerprint density at radius 1 is 0.950 bits per heavy atom. The first-order chi connectivity index (χ1) is 9.47. The van der Waals surface area contributed by atoms with E-state index in [0.717, 1.165) is 33.6 Å². The molecule has 2 aromatic carbocycles. The Hall–Kier alpha value is -1.80. The Morgan fingerprint density at radius 3 is 2.05 bits per heavy atom. The number of benzene rings is 2. The summed E-state index contributed by atoms with van der Waals surface area (Å²) < 4.78 is 5.81. The lowest BCUT2D eigenvalue weighted by Gasteiger charge is -2.16. The van der Waals surface area contributed by atoms with Gasteiger partial charge in [-0.05, 0) is 44.4 Å². The van der Waals surface area contributed by atoms with Crippen molar-refractivity contribution >= 4 is 0 Å². The van der Waals surface area contributed by atoms with Gasteiger partial charge in [0.15, 0.2) is 0 Å². The molecule has 1 unspecified atom stereocenters. The Balaban J connectivity index is 2.10. The van der Waals surface area contributed by atoms with Gasteiger partial charge in [-0.3, -0.25) is 0 Å². The zero-order valence-corrected chi connectivity index (χ0v) is 12.6. The summed E-state index contributed by atoms with van der Waals surface area (Å²) in [6.45, 7) is 8.39. The lowest BCUT2D eigenvalue weighted by atomic mass is 10.0. The van der Waals surface area contributed by atoms with Crippen molar-refractivity contribution in [3.05, 3.63) is 64.2 Å². The van der Waals surface area contributed by atoms with Gasteiger partial charge < -0.3 is 9.84 Å². The molecule has 0 bridgehead atoms. The standard InChI is InChI=1S/C18H22O2/c1-12-8-13(2)10-16(9-12)17(19)11-20-18-14(3)6-5-7-15(18)4/h5-10,17,19H,11H2,1-4H3. The minimum absolute atomic E-state index is 0.272. The monoisotopic (exact) mass is 270 g/mol. The predicted octanol–water partition coefficient (Wildman–Crippen LogP) is 4.03. The van der Waals surface area contributed by atoms with Crippen molar-refractivity contribution in [1.29, 1.82) is 0 Å². The Kier molecular flexibility index (Phi) is 4.46. The van der Waals surface area contributed by atoms with Gasteiger partial charge in [0, 0.05) is 0 Å². The van der Waals surface area contributed by atoms with E-state index in [4.69, 9.17) is 4.74 Å². The average Bonchev–Trinajstić information content (AvgIpc) is 2.36. The van der Waals surface area contributed by atoms with Crippen molar-refractivity contribution in [1.82, 2.24) is 0 Å². The lowest BCUT2D eigenvalue weighted by Crippen LogP contribution is -2.11. The van der Waals surface area contributed by atoms with Crippen molar-refractivity contribution in [2.75, 3.05) is 6.61 Å². The van der Waals surface area contributed by atoms with Crippen molar-refractivity contribution in [2.45, 2.75) is 33.8 Å². The average molecular weight is 270 g/mol. The number of para-hydroxylation sites is 1. The van der Waals surface area contributed by atoms with E-state index in [1.165, 1.54) is 0 Å². The second-order valence-electron chi connectivity index (χ2n) is 5.47. The van der Waals surface area contributed by atoms with Crippen LogP contribution in [0.3, 0.4) is 0 Å². The fraction of sp³-hybridized carbons (Fsp3) is 0.333. The van der Waals surface area contributed by atoms with Crippen LogP contribution in [0.5, 0.6) is 5.75 Å². The van der Waals surface area contributed by atoms with Crippen LogP contribution in [0.15, 0.2) is 36.4 Å². The molecule has 2 heteroatoms. The Labute approximate surface area is 121 Å². The van der Waals surface area contributed by atoms with Crippen LogP contribution in [0.1, 0.15) is 33.9 Å². The largest absolute Gasteiger partial charge is 0.490 e. The number of aliphatic hydroxyl groups is 1. The molecule has 0 aromatic heterocycles. The van der Waals surface area contributed by atoms with Crippen LogP contribution >= 0.6 is 0 Å². The second kappa shape index (κ2) is 6.10. The lowest BCUT2D eigenvalue weighted by molar-refractivity contribution is 0.107. The maximum absolute atomic E-state index is 10.3. The summed E-state index contributed by atoms with van der Waals surface area (Å²) in [5, 5.41) is 10.3. The Morgan fingerprint density at radius 2 is 1.50 bits per heavy atom. The highest BCUT2D eigenvalue weighted by atomic mass is 16.5. The number of aryl methyl sites for hydroxylation is 4. The molecule has 0 aliphatic rings. The van der Waals surface area contributed by atoms with E-state index in [2.05, 4.69) is 6.07 Å². The minimum Gasteiger partial charge on any atom is -0.490 e. The molecule has 2 aromatic rings. The SMILES string of the molecule is Cc1cc(C)cc(C(O)COc2c(C)cccc2C)c1. The summed E-state index contributed by atoms with van der Waals surface area (Å²) in [5.41, 5.74) is 5.42. The highest BCUT2D eigenvalue weighted by Crippen LogP contribution is 2.24. The molecule has 0 saturated carbocycles. The van der Waals surface area contributed by atoms with Gasteiger partial charge in [-0.15, -0.1) is 0 Å². The Bertz CT molecular complexity index is 562. The summed E-state index contributed by atoms with van der Waals surface area (Å²) in [5.74, 6) is 0.871. The molecule has 0 amide bonds. The first-order valence-electron chi connectivity index (χ1n) is 6.92. The van der Waals surface area contributed by atoms with E-state index in [9.17, 15) is 5.11 Å². The molecule has 2 rings (SSSR count). The summed E-state index contributed by atoms with van der Waals surface area (Å²) >= 11 is 0. The van der Waals surface area contributed by atoms with Gasteiger partial charge >= 0.3 is 0 Å². The smallest absolute Gasteiger partial charge is 0.125 e. The van der Waals surface area contributed by atoms with Gasteiger partial charge in [-0.1, -0.05) is 47.5 Å². The topological polar surface area (TPSA) is 29.5 Å². The van der Waals surface area contributed by atoms with Crippen LogP contribution in [0, 0.1) is 27.7 Å². The number of aliphatic hydroxyl groups excluding tert-OH is 1. The van der Waals surface area contributed by atoms with Crippen molar-refractivity contribution in [3.8, 4) is 5.75 Å². The minimum atomic E-state index is -0.604. The zero-order valence-electron chi connectivity index (χ0n) is 12.6. The molecule has 20 heavy (non-hydrogen) atoms. The van der Waals surface area contributed by atoms with E-state index in [1.54, 1.807) is 0 Å². The third kappa shape index (κ3) is 3.40. The van der Waals surface area contributed by atoms with Crippen molar-refractivity contribution < 1.29 is 9.84 Å². The highest BCUT2D eigenvalue weighted by molar-refractivity contribution is 5.40. The number of ether oxygens (including phenoxy) is 1. The first kappa shape index (κ1) is 14.6. The summed E-state index contributed by atoms with van der Waals surface area (Å²) in [4.78, 5) is 0. The van der Waals surface area contributed by atoms with Gasteiger partial charge in [0.1, 0.15) is 18.5 Å². The van der Waals surface area contributed by atoms with E-state index in [1.807, 2.05) is 58.0 Å². The van der Waals surface area contributed by atoms with Crippen molar-refractivity contribution in [3.63, 3.8) is 0 Å². The molecule has 1 atom stereocenters. The fourth-order valence-electron chi connectivity index (χ4n) is 2.49. The van der Waals surface area contributed by atoms with Gasteiger partial charge in [0.2, 0.25) is 0 Å². The maximum atomic E-state index is 10.3. The summed E-state index contributed by atoms with van der Waals surface area (Å²) in [6.07, 6.45) is -0.604. The summed E-state index contributed by atoms with van der Waals surface area (Å²) in [6, 6.07) is 12.2. The second-order valence-corrected chi connectivity index (χ2v) is 5.47. The van der Waals surface area contributed by atoms with Gasteiger partial charge in [0.05, 0.1) is 0 Å². The van der Waals surface area contributed by atoms with E-state index < -0.39 is 6.10 Å². The fourth-order valence-corrected chi connectivity index (χ4v) is 2.49. The van der Waals surface area contributed by atoms with Gasteiger partial charge in [-0.2, -0.15) is 0 Å². The van der Waals surface area contributed by atoms with E-state index in [-0.39, 0.29) is 6.61 Å². The van der Waals surface area contributed by atoms with Crippen LogP contribution in [0.25, 0.3) is 0 Å². The molecule has 0 saturated heterocycles. The van der Waals surface area contributed by atoms with Crippen LogP contribution in [0.4, 0.5) is 0 Å². The summed E-state index contributed by atoms with van der Waals surface area (Å²) in [7, 11) is 0. The molecule has 0 radical (unpaired) electrons. The molecular weight excluding hydrogens is 248 g/mol. The van der Waals surface area contributed by atoms with Crippen LogP contribution in [-0.2, 0) is 0 Å². The molecule has 1 N–H and O–H groups in total. The normalized spacial score (nSPS) is 12.2. The molecule has 0 spiro atoms. The van der Waals surface area contributed by atoms with Gasteiger partial charge in [0.25, 0.3) is 0 Å². The third-order valence-electron chi connectivity index (χ3n) is 3.42. The molecule has 0 aliphatic heterocycles. The van der Waals surface area contributed by atoms with Gasteiger partial charge in [-0.25, -0.2) is 0 Å². The molecule has 0 aliphatic carbocycles. The van der Waals surface area contributed by atoms with Crippen LogP contribution < -0.4 is 4.74 Å². The number of hydrogen-bond acceptors (Lipinski definition) is 2. The predicted molar refractivity (Wildman–Crippen MR) is 82.3 cm³/mol. The molecule has 0 fully saturated rings. The van der Waals surface area contributed by atoms with Crippen molar-refractivity contribution in [2.24, 2.45) is 0 Å². The highest BCUT2D eigenvalue weighted by Gasteiger charge is 2.11. The van der Waals surface area contributed by atoms with E-state index >= 15 is 0 Å². The maximum Gasteiger partial charge on any atom is 0.125 e. The van der Waals surface area contributed by atoms with Crippen LogP contribution in [-0.4, -0.2) is 11.7 Å². The quantitative estimate of drug-likeness (QED) is 0.908. The number of rotatable bonds is 4. The molecule has 106 valence electrons. The number of hydrogen-bond donors (Lipinski definition) is 1. The third-order valence-corrected chi connectivity index (χ3v) is 3.42. The molecule has 0 heterocycles. The molecule has 2 nitrogen and oxygen atoms in total.